The minimum atomic E-state index is -0.0618. The lowest BCUT2D eigenvalue weighted by molar-refractivity contribution is -0.150. The number of allylic oxidation sites excluding steroid dienone is 1. The van der Waals surface area contributed by atoms with E-state index in [1.807, 2.05) is 6.07 Å². The number of methoxy groups -OCH3 is 1. The molecule has 2 aliphatic heterocycles. The van der Waals surface area contributed by atoms with E-state index in [0.29, 0.717) is 12.1 Å². The molecule has 0 radical (unpaired) electrons. The third-order valence-corrected chi connectivity index (χ3v) is 6.61. The lowest BCUT2D eigenvalue weighted by Crippen LogP contribution is -2.49. The van der Waals surface area contributed by atoms with Gasteiger partial charge in [-0.15, -0.1) is 0 Å². The zero-order chi connectivity index (χ0) is 19.5. The van der Waals surface area contributed by atoms with Crippen molar-refractivity contribution in [3.8, 4) is 0 Å². The molecule has 4 rings (SSSR count). The lowest BCUT2D eigenvalue weighted by atomic mass is 9.76. The van der Waals surface area contributed by atoms with Gasteiger partial charge in [0.1, 0.15) is 0 Å². The molecule has 2 aromatic rings. The number of rotatable bonds is 5. The van der Waals surface area contributed by atoms with Crippen molar-refractivity contribution in [1.29, 1.82) is 0 Å². The molecule has 2 aliphatic rings. The van der Waals surface area contributed by atoms with Crippen molar-refractivity contribution in [3.63, 3.8) is 0 Å². The van der Waals surface area contributed by atoms with E-state index in [0.717, 1.165) is 19.3 Å². The smallest absolute Gasteiger partial charge is 0.310 e. The Morgan fingerprint density at radius 1 is 1.11 bits per heavy atom. The fraction of sp³-hybridized carbons (Fsp3) is 0.400. The van der Waals surface area contributed by atoms with Crippen LogP contribution in [0, 0.1) is 5.92 Å². The number of carbonyl (C=O) groups is 1. The van der Waals surface area contributed by atoms with Gasteiger partial charge < -0.3 is 4.74 Å². The van der Waals surface area contributed by atoms with E-state index < -0.39 is 0 Å². The highest BCUT2D eigenvalue weighted by Crippen LogP contribution is 2.46. The van der Waals surface area contributed by atoms with E-state index in [1.54, 1.807) is 0 Å². The summed E-state index contributed by atoms with van der Waals surface area (Å²) in [7, 11) is 3.68. The molecule has 28 heavy (non-hydrogen) atoms. The first-order valence-corrected chi connectivity index (χ1v) is 10.3. The highest BCUT2D eigenvalue weighted by Gasteiger charge is 2.49. The van der Waals surface area contributed by atoms with Gasteiger partial charge in [0.15, 0.2) is 0 Å². The number of hydrogen-bond donors (Lipinski definition) is 0. The van der Waals surface area contributed by atoms with Crippen LogP contribution in [0.15, 0.2) is 60.7 Å². The van der Waals surface area contributed by atoms with Crippen LogP contribution in [0.4, 0.5) is 0 Å². The predicted molar refractivity (Wildman–Crippen MR) is 113 cm³/mol. The molecule has 146 valence electrons. The van der Waals surface area contributed by atoms with Crippen molar-refractivity contribution in [2.75, 3.05) is 14.2 Å². The zero-order valence-corrected chi connectivity index (χ0v) is 16.8. The predicted octanol–water partition coefficient (Wildman–Crippen LogP) is 4.68. The average molecular weight is 376 g/mol. The highest BCUT2D eigenvalue weighted by atomic mass is 16.5. The minimum absolute atomic E-state index is 0.0611. The molecule has 0 saturated carbocycles. The fourth-order valence-corrected chi connectivity index (χ4v) is 5.07. The van der Waals surface area contributed by atoms with E-state index in [2.05, 4.69) is 72.6 Å². The van der Waals surface area contributed by atoms with Crippen LogP contribution in [-0.2, 0) is 16.0 Å². The summed E-state index contributed by atoms with van der Waals surface area (Å²) in [5, 5.41) is 0. The van der Waals surface area contributed by atoms with E-state index in [9.17, 15) is 4.79 Å². The molecule has 2 heterocycles. The Kier molecular flexibility index (Phi) is 5.63. The van der Waals surface area contributed by atoms with Crippen molar-refractivity contribution < 1.29 is 9.53 Å². The zero-order valence-electron chi connectivity index (χ0n) is 16.8. The topological polar surface area (TPSA) is 29.5 Å². The monoisotopic (exact) mass is 375 g/mol. The van der Waals surface area contributed by atoms with Gasteiger partial charge in [-0.2, -0.15) is 0 Å². The maximum Gasteiger partial charge on any atom is 0.310 e. The summed E-state index contributed by atoms with van der Waals surface area (Å²) >= 11 is 0. The molecule has 2 unspecified atom stereocenters. The van der Waals surface area contributed by atoms with E-state index in [-0.39, 0.29) is 17.8 Å². The minimum Gasteiger partial charge on any atom is -0.469 e. The maximum atomic E-state index is 12.6. The Morgan fingerprint density at radius 2 is 1.86 bits per heavy atom. The molecular weight excluding hydrogens is 346 g/mol. The van der Waals surface area contributed by atoms with Gasteiger partial charge in [0.05, 0.1) is 13.0 Å². The Balaban J connectivity index is 1.48. The van der Waals surface area contributed by atoms with Gasteiger partial charge in [0.25, 0.3) is 0 Å². The average Bonchev–Trinajstić information content (AvgIpc) is 2.97. The van der Waals surface area contributed by atoms with Crippen LogP contribution >= 0.6 is 0 Å². The standard InChI is InChI=1S/C25H29NO2/c1-26-21-15-16-23(26)24(25(27)28-2)22(17-21)20-13-11-19(12-14-20)10-6-9-18-7-4-3-5-8-18/h3-8,10-14,21-24H,9,15-17H2,1-2H3/b10-6+/t21?,22-,23-,24?/m1/s1. The molecule has 0 amide bonds. The van der Waals surface area contributed by atoms with Gasteiger partial charge in [0.2, 0.25) is 0 Å². The Bertz CT molecular complexity index is 827. The molecule has 2 aromatic carbocycles. The second kappa shape index (κ2) is 8.32. The van der Waals surface area contributed by atoms with Crippen molar-refractivity contribution in [3.05, 3.63) is 77.4 Å². The molecular formula is C25H29NO2. The molecule has 4 atom stereocenters. The van der Waals surface area contributed by atoms with Crippen LogP contribution in [0.25, 0.3) is 6.08 Å². The second-order valence-electron chi connectivity index (χ2n) is 8.11. The number of ether oxygens (including phenoxy) is 1. The van der Waals surface area contributed by atoms with E-state index in [1.165, 1.54) is 30.2 Å². The summed E-state index contributed by atoms with van der Waals surface area (Å²) in [6.45, 7) is 0. The quantitative estimate of drug-likeness (QED) is 0.711. The second-order valence-corrected chi connectivity index (χ2v) is 8.11. The summed E-state index contributed by atoms with van der Waals surface area (Å²) in [6, 6.07) is 20.1. The van der Waals surface area contributed by atoms with Crippen LogP contribution in [0.1, 0.15) is 41.9 Å². The van der Waals surface area contributed by atoms with Gasteiger partial charge >= 0.3 is 5.97 Å². The summed E-state index contributed by atoms with van der Waals surface area (Å²) in [6.07, 6.45) is 8.63. The largest absolute Gasteiger partial charge is 0.469 e. The van der Waals surface area contributed by atoms with Crippen molar-refractivity contribution in [1.82, 2.24) is 4.90 Å². The molecule has 3 heteroatoms. The molecule has 0 spiro atoms. The lowest BCUT2D eigenvalue weighted by Gasteiger charge is -2.41. The van der Waals surface area contributed by atoms with Crippen molar-refractivity contribution in [2.45, 2.75) is 43.7 Å². The number of piperidine rings is 1. The van der Waals surface area contributed by atoms with E-state index in [4.69, 9.17) is 4.74 Å². The molecule has 3 nitrogen and oxygen atoms in total. The van der Waals surface area contributed by atoms with Gasteiger partial charge in [-0.3, -0.25) is 9.69 Å². The third-order valence-electron chi connectivity index (χ3n) is 6.61. The normalized spacial score (nSPS) is 27.2. The summed E-state index contributed by atoms with van der Waals surface area (Å²) < 4.78 is 5.18. The number of carbonyl (C=O) groups excluding carboxylic acids is 1. The molecule has 0 N–H and O–H groups in total. The van der Waals surface area contributed by atoms with Crippen LogP contribution in [0.5, 0.6) is 0 Å². The first kappa shape index (κ1) is 18.9. The summed E-state index contributed by atoms with van der Waals surface area (Å²) in [5.74, 6) is 0.130. The number of fused-ring (bicyclic) bond motifs is 2. The number of esters is 1. The Morgan fingerprint density at radius 3 is 2.57 bits per heavy atom. The first-order chi connectivity index (χ1) is 13.7. The van der Waals surface area contributed by atoms with Crippen LogP contribution in [0.2, 0.25) is 0 Å². The maximum absolute atomic E-state index is 12.6. The molecule has 2 fully saturated rings. The third kappa shape index (κ3) is 3.77. The summed E-state index contributed by atoms with van der Waals surface area (Å²) in [5.41, 5.74) is 3.78. The molecule has 2 bridgehead atoms. The number of nitrogens with zero attached hydrogens (tertiary/aromatic N) is 1. The van der Waals surface area contributed by atoms with Gasteiger partial charge in [0, 0.05) is 18.0 Å². The SMILES string of the molecule is COC(=O)C1[C@@H](c2ccc(/C=C/Cc3ccccc3)cc2)CC2CC[C@H]1N2C. The molecule has 2 saturated heterocycles. The van der Waals surface area contributed by atoms with Crippen LogP contribution in [0.3, 0.4) is 0 Å². The summed E-state index contributed by atoms with van der Waals surface area (Å²) in [4.78, 5) is 15.0. The van der Waals surface area contributed by atoms with Crippen LogP contribution in [-0.4, -0.2) is 37.1 Å². The van der Waals surface area contributed by atoms with Gasteiger partial charge in [-0.05, 0) is 49.4 Å². The van der Waals surface area contributed by atoms with Crippen LogP contribution < -0.4 is 0 Å². The Hall–Kier alpha value is -2.39. The van der Waals surface area contributed by atoms with Gasteiger partial charge in [-0.1, -0.05) is 66.7 Å². The first-order valence-electron chi connectivity index (χ1n) is 10.3. The fourth-order valence-electron chi connectivity index (χ4n) is 5.07. The van der Waals surface area contributed by atoms with Crippen molar-refractivity contribution in [2.24, 2.45) is 5.92 Å². The number of benzene rings is 2. The number of hydrogen-bond acceptors (Lipinski definition) is 3. The van der Waals surface area contributed by atoms with E-state index >= 15 is 0 Å². The Labute approximate surface area is 168 Å². The van der Waals surface area contributed by atoms with Crippen molar-refractivity contribution >= 4 is 12.0 Å². The van der Waals surface area contributed by atoms with Gasteiger partial charge in [-0.25, -0.2) is 0 Å². The highest BCUT2D eigenvalue weighted by molar-refractivity contribution is 5.75. The molecule has 0 aromatic heterocycles. The molecule has 0 aliphatic carbocycles.